The maximum atomic E-state index is 10.7. The lowest BCUT2D eigenvalue weighted by Crippen LogP contribution is -1.94. The third-order valence-corrected chi connectivity index (χ3v) is 2.49. The van der Waals surface area contributed by atoms with E-state index in [9.17, 15) is 9.59 Å². The minimum atomic E-state index is 0.269. The van der Waals surface area contributed by atoms with Crippen molar-refractivity contribution in [2.24, 2.45) is 0 Å². The van der Waals surface area contributed by atoms with Crippen molar-refractivity contribution in [1.29, 1.82) is 0 Å². The number of nitrogens with zero attached hydrogens (tertiary/aromatic N) is 1. The molecule has 3 nitrogen and oxygen atoms in total. The number of benzene rings is 1. The first-order valence-corrected chi connectivity index (χ1v) is 5.22. The number of aldehydes is 2. The monoisotopic (exact) mass is 225 g/mol. The van der Waals surface area contributed by atoms with Crippen molar-refractivity contribution >= 4 is 12.6 Å². The molecule has 0 amide bonds. The number of carbonyl (C=O) groups excluding carboxylic acids is 2. The van der Waals surface area contributed by atoms with Gasteiger partial charge >= 0.3 is 0 Å². The number of pyridine rings is 1. The van der Waals surface area contributed by atoms with E-state index in [-0.39, 0.29) is 11.4 Å². The number of rotatable bonds is 3. The molecule has 0 spiro atoms. The SMILES string of the molecule is Cc1ccc(-c2cc(C=O)nc(C=O)c2)cc1. The number of aromatic nitrogens is 1. The van der Waals surface area contributed by atoms with E-state index in [4.69, 9.17) is 0 Å². The third-order valence-electron chi connectivity index (χ3n) is 2.49. The molecule has 1 aromatic heterocycles. The van der Waals surface area contributed by atoms with Gasteiger partial charge in [-0.15, -0.1) is 0 Å². The summed E-state index contributed by atoms with van der Waals surface area (Å²) >= 11 is 0. The van der Waals surface area contributed by atoms with Gasteiger partial charge in [-0.05, 0) is 30.2 Å². The van der Waals surface area contributed by atoms with Crippen LogP contribution in [0, 0.1) is 6.92 Å². The Balaban J connectivity index is 2.54. The van der Waals surface area contributed by atoms with E-state index in [2.05, 4.69) is 4.98 Å². The highest BCUT2D eigenvalue weighted by Crippen LogP contribution is 2.20. The zero-order chi connectivity index (χ0) is 12.3. The zero-order valence-corrected chi connectivity index (χ0v) is 9.38. The highest BCUT2D eigenvalue weighted by molar-refractivity contribution is 5.82. The van der Waals surface area contributed by atoms with Gasteiger partial charge in [0.2, 0.25) is 0 Å². The second-order valence-electron chi connectivity index (χ2n) is 3.81. The van der Waals surface area contributed by atoms with E-state index in [1.165, 1.54) is 0 Å². The lowest BCUT2D eigenvalue weighted by Gasteiger charge is -2.04. The second-order valence-corrected chi connectivity index (χ2v) is 3.81. The molecule has 0 fully saturated rings. The van der Waals surface area contributed by atoms with Crippen molar-refractivity contribution in [3.8, 4) is 11.1 Å². The van der Waals surface area contributed by atoms with E-state index in [1.807, 2.05) is 31.2 Å². The lowest BCUT2D eigenvalue weighted by atomic mass is 10.0. The van der Waals surface area contributed by atoms with Crippen LogP contribution in [0.4, 0.5) is 0 Å². The molecule has 0 N–H and O–H groups in total. The van der Waals surface area contributed by atoms with Crippen molar-refractivity contribution in [3.63, 3.8) is 0 Å². The summed E-state index contributed by atoms with van der Waals surface area (Å²) in [5.41, 5.74) is 3.48. The van der Waals surface area contributed by atoms with Crippen molar-refractivity contribution in [3.05, 3.63) is 53.3 Å². The van der Waals surface area contributed by atoms with E-state index >= 15 is 0 Å². The minimum absolute atomic E-state index is 0.269. The molecule has 2 aromatic rings. The number of hydrogen-bond acceptors (Lipinski definition) is 3. The summed E-state index contributed by atoms with van der Waals surface area (Å²) in [6, 6.07) is 11.2. The molecule has 0 unspecified atom stereocenters. The Hall–Kier alpha value is -2.29. The molecule has 0 saturated heterocycles. The Morgan fingerprint density at radius 3 is 1.88 bits per heavy atom. The molecule has 0 atom stereocenters. The summed E-state index contributed by atoms with van der Waals surface area (Å²) in [6.07, 6.45) is 1.29. The molecule has 1 heterocycles. The molecule has 2 rings (SSSR count). The molecule has 0 bridgehead atoms. The molecule has 0 aliphatic heterocycles. The fourth-order valence-electron chi connectivity index (χ4n) is 1.61. The number of hydrogen-bond donors (Lipinski definition) is 0. The average Bonchev–Trinajstić information content (AvgIpc) is 2.39. The maximum Gasteiger partial charge on any atom is 0.168 e. The number of carbonyl (C=O) groups is 2. The minimum Gasteiger partial charge on any atom is -0.296 e. The fourth-order valence-corrected chi connectivity index (χ4v) is 1.61. The molecule has 3 heteroatoms. The summed E-state index contributed by atoms with van der Waals surface area (Å²) in [7, 11) is 0. The van der Waals surface area contributed by atoms with Crippen molar-refractivity contribution in [1.82, 2.24) is 4.98 Å². The Morgan fingerprint density at radius 2 is 1.41 bits per heavy atom. The van der Waals surface area contributed by atoms with Gasteiger partial charge < -0.3 is 0 Å². The van der Waals surface area contributed by atoms with Crippen LogP contribution in [0.15, 0.2) is 36.4 Å². The van der Waals surface area contributed by atoms with E-state index < -0.39 is 0 Å². The molecule has 1 aromatic carbocycles. The average molecular weight is 225 g/mol. The Bertz CT molecular complexity index is 533. The summed E-state index contributed by atoms with van der Waals surface area (Å²) in [4.78, 5) is 25.3. The normalized spacial score (nSPS) is 9.94. The quantitative estimate of drug-likeness (QED) is 0.754. The zero-order valence-electron chi connectivity index (χ0n) is 9.38. The van der Waals surface area contributed by atoms with Crippen LogP contribution in [0.3, 0.4) is 0 Å². The largest absolute Gasteiger partial charge is 0.296 e. The molecular formula is C14H11NO2. The third kappa shape index (κ3) is 2.45. The van der Waals surface area contributed by atoms with Gasteiger partial charge in [-0.25, -0.2) is 4.98 Å². The molecular weight excluding hydrogens is 214 g/mol. The van der Waals surface area contributed by atoms with Gasteiger partial charge in [0.25, 0.3) is 0 Å². The summed E-state index contributed by atoms with van der Waals surface area (Å²) in [5.74, 6) is 0. The lowest BCUT2D eigenvalue weighted by molar-refractivity contribution is 0.111. The van der Waals surface area contributed by atoms with Gasteiger partial charge in [0.15, 0.2) is 12.6 Å². The van der Waals surface area contributed by atoms with Gasteiger partial charge in [0.1, 0.15) is 11.4 Å². The smallest absolute Gasteiger partial charge is 0.168 e. The predicted molar refractivity (Wildman–Crippen MR) is 65.2 cm³/mol. The van der Waals surface area contributed by atoms with E-state index in [0.29, 0.717) is 12.6 Å². The van der Waals surface area contributed by atoms with E-state index in [0.717, 1.165) is 16.7 Å². The Labute approximate surface area is 99.1 Å². The topological polar surface area (TPSA) is 47.0 Å². The van der Waals surface area contributed by atoms with Crippen LogP contribution in [0.25, 0.3) is 11.1 Å². The first kappa shape index (κ1) is 11.2. The molecule has 17 heavy (non-hydrogen) atoms. The molecule has 84 valence electrons. The maximum absolute atomic E-state index is 10.7. The first-order valence-electron chi connectivity index (χ1n) is 5.22. The van der Waals surface area contributed by atoms with Crippen LogP contribution in [-0.4, -0.2) is 17.6 Å². The number of aryl methyl sites for hydroxylation is 1. The van der Waals surface area contributed by atoms with Gasteiger partial charge in [0, 0.05) is 0 Å². The highest BCUT2D eigenvalue weighted by atomic mass is 16.1. The molecule has 0 aliphatic rings. The Kier molecular flexibility index (Phi) is 3.10. The molecule has 0 radical (unpaired) electrons. The summed E-state index contributed by atoms with van der Waals surface area (Å²) < 4.78 is 0. The predicted octanol–water partition coefficient (Wildman–Crippen LogP) is 2.68. The van der Waals surface area contributed by atoms with Crippen LogP contribution in [-0.2, 0) is 0 Å². The van der Waals surface area contributed by atoms with Gasteiger partial charge in [0.05, 0.1) is 0 Å². The van der Waals surface area contributed by atoms with Gasteiger partial charge in [-0.1, -0.05) is 29.8 Å². The van der Waals surface area contributed by atoms with Crippen molar-refractivity contribution < 1.29 is 9.59 Å². The van der Waals surface area contributed by atoms with Gasteiger partial charge in [-0.3, -0.25) is 9.59 Å². The summed E-state index contributed by atoms with van der Waals surface area (Å²) in [6.45, 7) is 2.00. The summed E-state index contributed by atoms with van der Waals surface area (Å²) in [5, 5.41) is 0. The molecule has 0 aliphatic carbocycles. The van der Waals surface area contributed by atoms with Crippen LogP contribution in [0.1, 0.15) is 26.5 Å². The highest BCUT2D eigenvalue weighted by Gasteiger charge is 2.03. The van der Waals surface area contributed by atoms with Crippen molar-refractivity contribution in [2.75, 3.05) is 0 Å². The fraction of sp³-hybridized carbons (Fsp3) is 0.0714. The van der Waals surface area contributed by atoms with Crippen molar-refractivity contribution in [2.45, 2.75) is 6.92 Å². The van der Waals surface area contributed by atoms with Crippen LogP contribution in [0.2, 0.25) is 0 Å². The van der Waals surface area contributed by atoms with Crippen LogP contribution >= 0.6 is 0 Å². The van der Waals surface area contributed by atoms with Gasteiger partial charge in [-0.2, -0.15) is 0 Å². The van der Waals surface area contributed by atoms with Crippen LogP contribution < -0.4 is 0 Å². The second kappa shape index (κ2) is 4.70. The first-order chi connectivity index (χ1) is 8.22. The van der Waals surface area contributed by atoms with Crippen LogP contribution in [0.5, 0.6) is 0 Å². The standard InChI is InChI=1S/C14H11NO2/c1-10-2-4-11(5-3-10)12-6-13(8-16)15-14(7-12)9-17/h2-9H,1H3. The van der Waals surface area contributed by atoms with E-state index in [1.54, 1.807) is 12.1 Å². The molecule has 0 saturated carbocycles. The Morgan fingerprint density at radius 1 is 0.882 bits per heavy atom.